The second-order valence-electron chi connectivity index (χ2n) is 3.98. The van der Waals surface area contributed by atoms with E-state index in [1.165, 1.54) is 18.2 Å². The lowest BCUT2D eigenvalue weighted by atomic mass is 10.2. The van der Waals surface area contributed by atoms with Gasteiger partial charge in [0.15, 0.2) is 0 Å². The molecule has 2 aromatic rings. The van der Waals surface area contributed by atoms with Crippen LogP contribution in [-0.2, 0) is 6.61 Å². The van der Waals surface area contributed by atoms with Gasteiger partial charge in [-0.1, -0.05) is 12.1 Å². The summed E-state index contributed by atoms with van der Waals surface area (Å²) in [5.41, 5.74) is 0.324. The number of hydrogen-bond acceptors (Lipinski definition) is 2. The summed E-state index contributed by atoms with van der Waals surface area (Å²) in [6.45, 7) is -0.0130. The average Bonchev–Trinajstić information content (AvgIpc) is 2.40. The maximum absolute atomic E-state index is 13.3. The van der Waals surface area contributed by atoms with Gasteiger partial charge >= 0.3 is 5.97 Å². The second-order valence-corrected chi connectivity index (χ2v) is 4.78. The molecule has 3 nitrogen and oxygen atoms in total. The van der Waals surface area contributed by atoms with Gasteiger partial charge in [-0.15, -0.1) is 0 Å². The zero-order chi connectivity index (χ0) is 14.7. The number of halogens is 3. The molecule has 0 aliphatic rings. The molecule has 20 heavy (non-hydrogen) atoms. The molecule has 1 N–H and O–H groups in total. The van der Waals surface area contributed by atoms with Crippen molar-refractivity contribution in [3.05, 3.63) is 63.6 Å². The zero-order valence-electron chi connectivity index (χ0n) is 10.1. The highest BCUT2D eigenvalue weighted by Gasteiger charge is 2.10. The summed E-state index contributed by atoms with van der Waals surface area (Å²) in [5, 5.41) is 8.82. The van der Waals surface area contributed by atoms with Crippen LogP contribution in [0, 0.1) is 11.6 Å². The van der Waals surface area contributed by atoms with E-state index in [9.17, 15) is 13.6 Å². The third-order valence-electron chi connectivity index (χ3n) is 2.54. The summed E-state index contributed by atoms with van der Waals surface area (Å²) in [6.07, 6.45) is 0. The molecular formula is C14H9BrF2O3. The highest BCUT2D eigenvalue weighted by molar-refractivity contribution is 9.10. The van der Waals surface area contributed by atoms with E-state index in [0.717, 1.165) is 12.1 Å². The number of carbonyl (C=O) groups is 1. The molecule has 0 aromatic heterocycles. The van der Waals surface area contributed by atoms with E-state index in [2.05, 4.69) is 15.9 Å². The number of carboxylic acids is 1. The first-order valence-corrected chi connectivity index (χ1v) is 6.36. The molecule has 0 saturated heterocycles. The fourth-order valence-corrected chi connectivity index (χ4v) is 1.97. The Morgan fingerprint density at radius 1 is 1.25 bits per heavy atom. The third kappa shape index (κ3) is 3.33. The van der Waals surface area contributed by atoms with Crippen LogP contribution in [0.5, 0.6) is 5.75 Å². The standard InChI is InChI=1S/C14H9BrF2O3/c15-13-8(2-1-3-12(13)17)7-20-11-5-9(14(18)19)4-10(16)6-11/h1-6H,7H2,(H,18,19). The lowest BCUT2D eigenvalue weighted by Gasteiger charge is -2.09. The fraction of sp³-hybridized carbons (Fsp3) is 0.0714. The van der Waals surface area contributed by atoms with Crippen LogP contribution >= 0.6 is 15.9 Å². The Morgan fingerprint density at radius 3 is 2.70 bits per heavy atom. The number of ether oxygens (including phenoxy) is 1. The normalized spacial score (nSPS) is 10.3. The molecular weight excluding hydrogens is 334 g/mol. The lowest BCUT2D eigenvalue weighted by Crippen LogP contribution is -2.01. The highest BCUT2D eigenvalue weighted by atomic mass is 79.9. The Hall–Kier alpha value is -1.95. The van der Waals surface area contributed by atoms with Crippen molar-refractivity contribution in [2.24, 2.45) is 0 Å². The highest BCUT2D eigenvalue weighted by Crippen LogP contribution is 2.23. The molecule has 2 aromatic carbocycles. The smallest absolute Gasteiger partial charge is 0.335 e. The minimum atomic E-state index is -1.25. The topological polar surface area (TPSA) is 46.5 Å². The van der Waals surface area contributed by atoms with Gasteiger partial charge in [-0.25, -0.2) is 13.6 Å². The number of hydrogen-bond donors (Lipinski definition) is 1. The molecule has 2 rings (SSSR count). The molecule has 0 aliphatic carbocycles. The van der Waals surface area contributed by atoms with Crippen LogP contribution in [0.3, 0.4) is 0 Å². The minimum Gasteiger partial charge on any atom is -0.489 e. The van der Waals surface area contributed by atoms with Crippen molar-refractivity contribution >= 4 is 21.9 Å². The van der Waals surface area contributed by atoms with Gasteiger partial charge in [-0.3, -0.25) is 0 Å². The SMILES string of the molecule is O=C(O)c1cc(F)cc(OCc2cccc(F)c2Br)c1. The van der Waals surface area contributed by atoms with E-state index in [0.29, 0.717) is 5.56 Å². The molecule has 0 spiro atoms. The largest absolute Gasteiger partial charge is 0.489 e. The number of carboxylic acid groups (broad SMARTS) is 1. The summed E-state index contributed by atoms with van der Waals surface area (Å²) >= 11 is 3.08. The van der Waals surface area contributed by atoms with Crippen molar-refractivity contribution in [1.29, 1.82) is 0 Å². The first-order valence-electron chi connectivity index (χ1n) is 5.57. The Morgan fingerprint density at radius 2 is 2.00 bits per heavy atom. The molecule has 0 radical (unpaired) electrons. The van der Waals surface area contributed by atoms with Crippen LogP contribution in [0.1, 0.15) is 15.9 Å². The van der Waals surface area contributed by atoms with Crippen molar-refractivity contribution in [2.75, 3.05) is 0 Å². The maximum Gasteiger partial charge on any atom is 0.335 e. The Labute approximate surface area is 121 Å². The van der Waals surface area contributed by atoms with Gasteiger partial charge in [-0.2, -0.15) is 0 Å². The quantitative estimate of drug-likeness (QED) is 0.913. The van der Waals surface area contributed by atoms with Gasteiger partial charge in [0.2, 0.25) is 0 Å². The van der Waals surface area contributed by atoms with Crippen molar-refractivity contribution in [1.82, 2.24) is 0 Å². The van der Waals surface area contributed by atoms with Gasteiger partial charge < -0.3 is 9.84 Å². The molecule has 0 heterocycles. The summed E-state index contributed by atoms with van der Waals surface area (Å²) < 4.78 is 32.1. The van der Waals surface area contributed by atoms with Crippen LogP contribution in [0.4, 0.5) is 8.78 Å². The number of aromatic carboxylic acids is 1. The van der Waals surface area contributed by atoms with Gasteiger partial charge in [0.05, 0.1) is 10.0 Å². The van der Waals surface area contributed by atoms with E-state index < -0.39 is 17.6 Å². The molecule has 0 saturated carbocycles. The summed E-state index contributed by atoms with van der Waals surface area (Å²) in [5.74, 6) is -2.32. The third-order valence-corrected chi connectivity index (χ3v) is 3.43. The zero-order valence-corrected chi connectivity index (χ0v) is 11.7. The lowest BCUT2D eigenvalue weighted by molar-refractivity contribution is 0.0695. The summed E-state index contributed by atoms with van der Waals surface area (Å²) in [6, 6.07) is 7.63. The Bertz CT molecular complexity index is 659. The maximum atomic E-state index is 13.3. The van der Waals surface area contributed by atoms with E-state index in [-0.39, 0.29) is 22.4 Å². The molecule has 0 unspecified atom stereocenters. The van der Waals surface area contributed by atoms with Gasteiger partial charge in [-0.05, 0) is 34.1 Å². The van der Waals surface area contributed by atoms with Gasteiger partial charge in [0.1, 0.15) is 24.0 Å². The first-order chi connectivity index (χ1) is 9.47. The van der Waals surface area contributed by atoms with Gasteiger partial charge in [0, 0.05) is 11.6 Å². The van der Waals surface area contributed by atoms with Crippen LogP contribution in [-0.4, -0.2) is 11.1 Å². The summed E-state index contributed by atoms with van der Waals surface area (Å²) in [4.78, 5) is 10.8. The molecule has 0 amide bonds. The van der Waals surface area contributed by atoms with E-state index in [4.69, 9.17) is 9.84 Å². The first kappa shape index (κ1) is 14.5. The van der Waals surface area contributed by atoms with Crippen LogP contribution in [0.15, 0.2) is 40.9 Å². The fourth-order valence-electron chi connectivity index (χ4n) is 1.59. The Balaban J connectivity index is 2.19. The molecule has 0 fully saturated rings. The van der Waals surface area contributed by atoms with E-state index in [1.54, 1.807) is 6.07 Å². The Kier molecular flexibility index (Phi) is 4.34. The summed E-state index contributed by atoms with van der Waals surface area (Å²) in [7, 11) is 0. The second kappa shape index (κ2) is 6.00. The average molecular weight is 343 g/mol. The van der Waals surface area contributed by atoms with Crippen molar-refractivity contribution in [2.45, 2.75) is 6.61 Å². The van der Waals surface area contributed by atoms with Crippen molar-refractivity contribution < 1.29 is 23.4 Å². The number of benzene rings is 2. The predicted octanol–water partition coefficient (Wildman–Crippen LogP) is 4.00. The number of rotatable bonds is 4. The minimum absolute atomic E-state index is 0.0130. The molecule has 6 heteroatoms. The van der Waals surface area contributed by atoms with E-state index >= 15 is 0 Å². The predicted molar refractivity (Wildman–Crippen MR) is 71.8 cm³/mol. The van der Waals surface area contributed by atoms with Crippen molar-refractivity contribution in [3.63, 3.8) is 0 Å². The van der Waals surface area contributed by atoms with Gasteiger partial charge in [0.25, 0.3) is 0 Å². The molecule has 0 aliphatic heterocycles. The monoisotopic (exact) mass is 342 g/mol. The molecule has 104 valence electrons. The van der Waals surface area contributed by atoms with E-state index in [1.807, 2.05) is 0 Å². The van der Waals surface area contributed by atoms with Crippen molar-refractivity contribution in [3.8, 4) is 5.75 Å². The van der Waals surface area contributed by atoms with Crippen LogP contribution in [0.2, 0.25) is 0 Å². The molecule has 0 atom stereocenters. The van der Waals surface area contributed by atoms with Crippen LogP contribution < -0.4 is 4.74 Å². The van der Waals surface area contributed by atoms with Crippen LogP contribution in [0.25, 0.3) is 0 Å². The molecule has 0 bridgehead atoms.